The van der Waals surface area contributed by atoms with Gasteiger partial charge in [-0.15, -0.1) is 0 Å². The zero-order chi connectivity index (χ0) is 17.2. The Hall–Kier alpha value is -0.810. The van der Waals surface area contributed by atoms with Gasteiger partial charge in [0.25, 0.3) is 0 Å². The second-order valence-corrected chi connectivity index (χ2v) is 8.42. The molecular formula is C19H35N3O2. The third-order valence-corrected chi connectivity index (χ3v) is 6.59. The Labute approximate surface area is 147 Å². The highest BCUT2D eigenvalue weighted by atomic mass is 16.5. The molecule has 2 amide bonds. The molecule has 2 aliphatic heterocycles. The van der Waals surface area contributed by atoms with Crippen LogP contribution in [0.25, 0.3) is 0 Å². The van der Waals surface area contributed by atoms with Gasteiger partial charge >= 0.3 is 6.03 Å². The predicted molar refractivity (Wildman–Crippen MR) is 96.2 cm³/mol. The minimum Gasteiger partial charge on any atom is -0.385 e. The number of hydrogen-bond acceptors (Lipinski definition) is 3. The summed E-state index contributed by atoms with van der Waals surface area (Å²) in [6, 6.07) is 1.95. The number of fused-ring (bicyclic) bond motifs is 2. The van der Waals surface area contributed by atoms with Crippen LogP contribution < -0.4 is 5.32 Å². The molecule has 24 heavy (non-hydrogen) atoms. The molecule has 2 atom stereocenters. The fourth-order valence-corrected chi connectivity index (χ4v) is 5.02. The number of urea groups is 1. The molecule has 138 valence electrons. The van der Waals surface area contributed by atoms with Crippen LogP contribution in [-0.4, -0.2) is 67.3 Å². The average Bonchev–Trinajstić information content (AvgIpc) is 2.80. The van der Waals surface area contributed by atoms with Crippen LogP contribution in [0.4, 0.5) is 4.79 Å². The molecule has 5 nitrogen and oxygen atoms in total. The third-order valence-electron chi connectivity index (χ3n) is 6.59. The van der Waals surface area contributed by atoms with Crippen molar-refractivity contribution in [2.24, 2.45) is 5.41 Å². The van der Waals surface area contributed by atoms with Crippen molar-refractivity contribution in [3.63, 3.8) is 0 Å². The summed E-state index contributed by atoms with van der Waals surface area (Å²) in [6.45, 7) is 7.99. The number of ether oxygens (including phenoxy) is 1. The van der Waals surface area contributed by atoms with E-state index < -0.39 is 0 Å². The van der Waals surface area contributed by atoms with Gasteiger partial charge in [-0.3, -0.25) is 4.90 Å². The number of amides is 2. The summed E-state index contributed by atoms with van der Waals surface area (Å²) >= 11 is 0. The van der Waals surface area contributed by atoms with Gasteiger partial charge in [0.2, 0.25) is 0 Å². The number of methoxy groups -OCH3 is 1. The van der Waals surface area contributed by atoms with E-state index in [0.29, 0.717) is 23.5 Å². The molecule has 2 heterocycles. The molecule has 0 radical (unpaired) electrons. The second-order valence-electron chi connectivity index (χ2n) is 8.42. The summed E-state index contributed by atoms with van der Waals surface area (Å²) in [5.41, 5.74) is 0.292. The van der Waals surface area contributed by atoms with Gasteiger partial charge in [-0.25, -0.2) is 4.79 Å². The van der Waals surface area contributed by atoms with Crippen LogP contribution in [0, 0.1) is 5.41 Å². The number of carbonyl (C=O) groups excluding carboxylic acids is 1. The predicted octanol–water partition coefficient (Wildman–Crippen LogP) is 2.85. The number of likely N-dealkylation sites (tertiary alicyclic amines) is 1. The van der Waals surface area contributed by atoms with Crippen molar-refractivity contribution in [1.82, 2.24) is 15.1 Å². The molecule has 2 bridgehead atoms. The lowest BCUT2D eigenvalue weighted by atomic mass is 9.67. The topological polar surface area (TPSA) is 44.8 Å². The number of carbonyl (C=O) groups is 1. The summed E-state index contributed by atoms with van der Waals surface area (Å²) in [5.74, 6) is 0. The van der Waals surface area contributed by atoms with E-state index in [1.54, 1.807) is 7.11 Å². The summed E-state index contributed by atoms with van der Waals surface area (Å²) in [7, 11) is 1.76. The van der Waals surface area contributed by atoms with Crippen molar-refractivity contribution in [3.05, 3.63) is 0 Å². The van der Waals surface area contributed by atoms with Crippen LogP contribution in [0.2, 0.25) is 0 Å². The van der Waals surface area contributed by atoms with E-state index in [1.165, 1.54) is 32.1 Å². The van der Waals surface area contributed by atoms with Crippen molar-refractivity contribution < 1.29 is 9.53 Å². The van der Waals surface area contributed by atoms with Gasteiger partial charge in [-0.2, -0.15) is 0 Å². The SMILES string of the molecule is COCCC1(CNC(=O)N2CC[C@H]3CC[C@@H](C2)N3C(C)C)CCC1. The number of nitrogens with one attached hydrogen (secondary N) is 1. The molecule has 3 aliphatic rings. The van der Waals surface area contributed by atoms with Gasteiger partial charge in [-0.05, 0) is 57.8 Å². The van der Waals surface area contributed by atoms with E-state index in [9.17, 15) is 4.79 Å². The monoisotopic (exact) mass is 337 g/mol. The van der Waals surface area contributed by atoms with Gasteiger partial charge in [0, 0.05) is 51.5 Å². The van der Waals surface area contributed by atoms with Gasteiger partial charge < -0.3 is 15.0 Å². The fraction of sp³-hybridized carbons (Fsp3) is 0.947. The Balaban J connectivity index is 1.52. The van der Waals surface area contributed by atoms with Crippen LogP contribution in [0.3, 0.4) is 0 Å². The van der Waals surface area contributed by atoms with E-state index in [4.69, 9.17) is 4.74 Å². The highest BCUT2D eigenvalue weighted by Gasteiger charge is 2.40. The molecule has 5 heteroatoms. The summed E-state index contributed by atoms with van der Waals surface area (Å²) < 4.78 is 5.25. The largest absolute Gasteiger partial charge is 0.385 e. The molecule has 0 aromatic rings. The molecule has 1 N–H and O–H groups in total. The first-order valence-electron chi connectivity index (χ1n) is 9.84. The molecule has 0 unspecified atom stereocenters. The van der Waals surface area contributed by atoms with E-state index in [1.807, 2.05) is 0 Å². The van der Waals surface area contributed by atoms with E-state index in [0.717, 1.165) is 39.1 Å². The molecule has 1 aliphatic carbocycles. The maximum Gasteiger partial charge on any atom is 0.317 e. The van der Waals surface area contributed by atoms with Crippen molar-refractivity contribution in [3.8, 4) is 0 Å². The molecule has 2 saturated heterocycles. The van der Waals surface area contributed by atoms with Crippen LogP contribution >= 0.6 is 0 Å². The van der Waals surface area contributed by atoms with Crippen molar-refractivity contribution in [1.29, 1.82) is 0 Å². The summed E-state index contributed by atoms with van der Waals surface area (Å²) in [5, 5.41) is 3.25. The van der Waals surface area contributed by atoms with E-state index >= 15 is 0 Å². The number of hydrogen-bond donors (Lipinski definition) is 1. The first-order valence-corrected chi connectivity index (χ1v) is 9.84. The first-order chi connectivity index (χ1) is 11.5. The highest BCUT2D eigenvalue weighted by molar-refractivity contribution is 5.74. The third kappa shape index (κ3) is 3.72. The standard InChI is InChI=1S/C19H35N3O2/c1-15(2)22-16-5-6-17(22)13-21(11-7-16)18(23)20-14-19(8-4-9-19)10-12-24-3/h15-17H,4-14H2,1-3H3,(H,20,23)/t16-,17+/m1/s1. The van der Waals surface area contributed by atoms with Crippen molar-refractivity contribution in [2.75, 3.05) is 33.4 Å². The quantitative estimate of drug-likeness (QED) is 0.810. The van der Waals surface area contributed by atoms with Crippen LogP contribution in [-0.2, 0) is 4.74 Å². The Morgan fingerprint density at radius 1 is 1.25 bits per heavy atom. The molecule has 1 saturated carbocycles. The van der Waals surface area contributed by atoms with E-state index in [-0.39, 0.29) is 6.03 Å². The minimum absolute atomic E-state index is 0.148. The molecule has 0 aromatic heterocycles. The maximum absolute atomic E-state index is 12.7. The lowest BCUT2D eigenvalue weighted by Gasteiger charge is -2.42. The summed E-state index contributed by atoms with van der Waals surface area (Å²) in [4.78, 5) is 17.5. The van der Waals surface area contributed by atoms with Crippen LogP contribution in [0.1, 0.15) is 58.8 Å². The highest BCUT2D eigenvalue weighted by Crippen LogP contribution is 2.43. The van der Waals surface area contributed by atoms with Crippen molar-refractivity contribution >= 4 is 6.03 Å². The minimum atomic E-state index is 0.148. The van der Waals surface area contributed by atoms with Gasteiger partial charge in [0.15, 0.2) is 0 Å². The van der Waals surface area contributed by atoms with Crippen molar-refractivity contribution in [2.45, 2.75) is 76.9 Å². The Morgan fingerprint density at radius 2 is 2.00 bits per heavy atom. The normalized spacial score (nSPS) is 29.4. The lowest BCUT2D eigenvalue weighted by Crippen LogP contribution is -2.50. The van der Waals surface area contributed by atoms with E-state index in [2.05, 4.69) is 29.0 Å². The zero-order valence-electron chi connectivity index (χ0n) is 15.7. The Kier molecular flexibility index (Phi) is 5.70. The Bertz CT molecular complexity index is 436. The molecule has 3 fully saturated rings. The number of nitrogens with zero attached hydrogens (tertiary/aromatic N) is 2. The lowest BCUT2D eigenvalue weighted by molar-refractivity contribution is 0.0691. The first kappa shape index (κ1) is 18.0. The molecule has 3 rings (SSSR count). The number of rotatable bonds is 6. The second kappa shape index (κ2) is 7.61. The van der Waals surface area contributed by atoms with Crippen LogP contribution in [0.15, 0.2) is 0 Å². The Morgan fingerprint density at radius 3 is 2.62 bits per heavy atom. The fourth-order valence-electron chi connectivity index (χ4n) is 5.02. The average molecular weight is 338 g/mol. The van der Waals surface area contributed by atoms with Gasteiger partial charge in [0.1, 0.15) is 0 Å². The molecule has 0 aromatic carbocycles. The smallest absolute Gasteiger partial charge is 0.317 e. The maximum atomic E-state index is 12.7. The van der Waals surface area contributed by atoms with Gasteiger partial charge in [-0.1, -0.05) is 6.42 Å². The summed E-state index contributed by atoms with van der Waals surface area (Å²) in [6.07, 6.45) is 8.47. The van der Waals surface area contributed by atoms with Gasteiger partial charge in [0.05, 0.1) is 0 Å². The molecular weight excluding hydrogens is 302 g/mol. The van der Waals surface area contributed by atoms with Crippen LogP contribution in [0.5, 0.6) is 0 Å². The molecule has 0 spiro atoms. The zero-order valence-corrected chi connectivity index (χ0v) is 15.7.